The Labute approximate surface area is 137 Å². The van der Waals surface area contributed by atoms with Gasteiger partial charge in [0.25, 0.3) is 5.91 Å². The van der Waals surface area contributed by atoms with E-state index in [1.165, 1.54) is 17.4 Å². The fourth-order valence-electron chi connectivity index (χ4n) is 2.06. The molecular formula is C17H16N2O3S. The number of hydrogen-bond donors (Lipinski definition) is 1. The molecule has 1 amide bonds. The molecule has 0 aliphatic carbocycles. The average molecular weight is 328 g/mol. The molecule has 3 aromatic rings. The Bertz CT molecular complexity index is 935. The molecule has 0 fully saturated rings. The largest absolute Gasteiger partial charge is 0.422 e. The van der Waals surface area contributed by atoms with Crippen molar-refractivity contribution < 1.29 is 9.21 Å². The van der Waals surface area contributed by atoms with Gasteiger partial charge < -0.3 is 4.42 Å². The second-order valence-electron chi connectivity index (χ2n) is 6.23. The molecule has 5 nitrogen and oxygen atoms in total. The van der Waals surface area contributed by atoms with Gasteiger partial charge >= 0.3 is 5.63 Å². The Morgan fingerprint density at radius 3 is 2.70 bits per heavy atom. The van der Waals surface area contributed by atoms with Crippen molar-refractivity contribution >= 4 is 33.3 Å². The van der Waals surface area contributed by atoms with Gasteiger partial charge in [0.2, 0.25) is 0 Å². The summed E-state index contributed by atoms with van der Waals surface area (Å²) in [4.78, 5) is 28.7. The molecular weight excluding hydrogens is 312 g/mol. The smallest absolute Gasteiger partial charge is 0.349 e. The molecule has 118 valence electrons. The molecule has 3 rings (SSSR count). The highest BCUT2D eigenvalue weighted by Gasteiger charge is 2.19. The van der Waals surface area contributed by atoms with Crippen LogP contribution in [0.3, 0.4) is 0 Å². The first-order valence-electron chi connectivity index (χ1n) is 7.15. The van der Waals surface area contributed by atoms with Gasteiger partial charge in [-0.05, 0) is 12.1 Å². The van der Waals surface area contributed by atoms with Gasteiger partial charge in [0, 0.05) is 16.2 Å². The summed E-state index contributed by atoms with van der Waals surface area (Å²) in [6.07, 6.45) is 0. The van der Waals surface area contributed by atoms with E-state index in [9.17, 15) is 9.59 Å². The number of nitrogens with one attached hydrogen (secondary N) is 1. The van der Waals surface area contributed by atoms with Crippen molar-refractivity contribution in [2.24, 2.45) is 0 Å². The lowest BCUT2D eigenvalue weighted by Gasteiger charge is -2.14. The number of nitrogens with zero attached hydrogens (tertiary/aromatic N) is 1. The molecule has 0 saturated carbocycles. The number of amides is 1. The van der Waals surface area contributed by atoms with Gasteiger partial charge in [-0.15, -0.1) is 11.3 Å². The SMILES string of the molecule is CC(C)(C)c1csc(NC(=O)c2cc3ccccc3oc2=O)n1. The number of carbonyl (C=O) groups excluding carboxylic acids is 1. The third-order valence-electron chi connectivity index (χ3n) is 3.38. The van der Waals surface area contributed by atoms with Gasteiger partial charge in [0.15, 0.2) is 5.13 Å². The summed E-state index contributed by atoms with van der Waals surface area (Å²) >= 11 is 1.33. The minimum atomic E-state index is -0.659. The number of thiazole rings is 1. The number of hydrogen-bond acceptors (Lipinski definition) is 5. The lowest BCUT2D eigenvalue weighted by atomic mass is 9.93. The van der Waals surface area contributed by atoms with Crippen LogP contribution in [0.15, 0.2) is 44.9 Å². The van der Waals surface area contributed by atoms with Crippen LogP contribution in [-0.2, 0) is 5.41 Å². The summed E-state index contributed by atoms with van der Waals surface area (Å²) in [5, 5.41) is 5.73. The molecule has 6 heteroatoms. The van der Waals surface area contributed by atoms with Gasteiger partial charge in [-0.25, -0.2) is 9.78 Å². The molecule has 0 bridgehead atoms. The Hall–Kier alpha value is -2.47. The molecule has 0 spiro atoms. The van der Waals surface area contributed by atoms with Crippen LogP contribution < -0.4 is 10.9 Å². The first kappa shape index (κ1) is 15.4. The predicted molar refractivity (Wildman–Crippen MR) is 91.3 cm³/mol. The molecule has 0 aliphatic rings. The van der Waals surface area contributed by atoms with E-state index in [0.29, 0.717) is 16.1 Å². The maximum Gasteiger partial charge on any atom is 0.349 e. The van der Waals surface area contributed by atoms with Crippen molar-refractivity contribution in [3.05, 3.63) is 57.4 Å². The summed E-state index contributed by atoms with van der Waals surface area (Å²) < 4.78 is 5.18. The van der Waals surface area contributed by atoms with Crippen molar-refractivity contribution in [1.29, 1.82) is 0 Å². The highest BCUT2D eigenvalue weighted by atomic mass is 32.1. The van der Waals surface area contributed by atoms with E-state index in [1.54, 1.807) is 18.2 Å². The molecule has 23 heavy (non-hydrogen) atoms. The summed E-state index contributed by atoms with van der Waals surface area (Å²) in [6, 6.07) is 8.61. The number of rotatable bonds is 2. The number of para-hydroxylation sites is 1. The topological polar surface area (TPSA) is 72.2 Å². The molecule has 0 aliphatic heterocycles. The Morgan fingerprint density at radius 2 is 2.00 bits per heavy atom. The summed E-state index contributed by atoms with van der Waals surface area (Å²) in [5.41, 5.74) is 0.563. The Morgan fingerprint density at radius 1 is 1.26 bits per heavy atom. The monoisotopic (exact) mass is 328 g/mol. The van der Waals surface area contributed by atoms with Gasteiger partial charge in [0.05, 0.1) is 5.69 Å². The maximum atomic E-state index is 12.3. The van der Waals surface area contributed by atoms with Crippen molar-refractivity contribution in [1.82, 2.24) is 4.98 Å². The third-order valence-corrected chi connectivity index (χ3v) is 4.14. The lowest BCUT2D eigenvalue weighted by Crippen LogP contribution is -2.21. The van der Waals surface area contributed by atoms with E-state index in [4.69, 9.17) is 4.42 Å². The van der Waals surface area contributed by atoms with Gasteiger partial charge in [-0.2, -0.15) is 0 Å². The second kappa shape index (κ2) is 5.62. The zero-order valence-electron chi connectivity index (χ0n) is 13.0. The molecule has 0 atom stereocenters. The molecule has 2 heterocycles. The van der Waals surface area contributed by atoms with Crippen LogP contribution in [0.1, 0.15) is 36.8 Å². The van der Waals surface area contributed by atoms with E-state index in [0.717, 1.165) is 5.69 Å². The van der Waals surface area contributed by atoms with E-state index >= 15 is 0 Å². The minimum absolute atomic E-state index is 0.0313. The third kappa shape index (κ3) is 3.17. The van der Waals surface area contributed by atoms with Crippen LogP contribution >= 0.6 is 11.3 Å². The standard InChI is InChI=1S/C17H16N2O3S/c1-17(2,3)13-9-23-16(18-13)19-14(20)11-8-10-6-4-5-7-12(10)22-15(11)21/h4-9H,1-3H3,(H,18,19,20). The van der Waals surface area contributed by atoms with Gasteiger partial charge in [0.1, 0.15) is 11.1 Å². The summed E-state index contributed by atoms with van der Waals surface area (Å²) in [7, 11) is 0. The number of benzene rings is 1. The molecule has 1 N–H and O–H groups in total. The maximum absolute atomic E-state index is 12.3. The Kier molecular flexibility index (Phi) is 3.77. The normalized spacial score (nSPS) is 11.6. The van der Waals surface area contributed by atoms with Crippen LogP contribution in [0.4, 0.5) is 5.13 Å². The summed E-state index contributed by atoms with van der Waals surface area (Å²) in [6.45, 7) is 6.14. The second-order valence-corrected chi connectivity index (χ2v) is 7.09. The van der Waals surface area contributed by atoms with Gasteiger partial charge in [-0.3, -0.25) is 10.1 Å². The zero-order valence-corrected chi connectivity index (χ0v) is 13.9. The molecule has 0 saturated heterocycles. The van der Waals surface area contributed by atoms with Crippen LogP contribution in [-0.4, -0.2) is 10.9 Å². The van der Waals surface area contributed by atoms with E-state index in [1.807, 2.05) is 32.2 Å². The van der Waals surface area contributed by atoms with Crippen molar-refractivity contribution in [3.8, 4) is 0 Å². The van der Waals surface area contributed by atoms with Crippen molar-refractivity contribution in [3.63, 3.8) is 0 Å². The van der Waals surface area contributed by atoms with Crippen molar-refractivity contribution in [2.45, 2.75) is 26.2 Å². The first-order chi connectivity index (χ1) is 10.8. The highest BCUT2D eigenvalue weighted by molar-refractivity contribution is 7.14. The van der Waals surface area contributed by atoms with Crippen LogP contribution in [0, 0.1) is 0 Å². The number of fused-ring (bicyclic) bond motifs is 1. The zero-order chi connectivity index (χ0) is 16.6. The predicted octanol–water partition coefficient (Wildman–Crippen LogP) is 3.80. The first-order valence-corrected chi connectivity index (χ1v) is 8.03. The van der Waals surface area contributed by atoms with Crippen LogP contribution in [0.2, 0.25) is 0 Å². The number of aromatic nitrogens is 1. The minimum Gasteiger partial charge on any atom is -0.422 e. The molecule has 1 aromatic carbocycles. The van der Waals surface area contributed by atoms with E-state index in [2.05, 4.69) is 10.3 Å². The lowest BCUT2D eigenvalue weighted by molar-refractivity contribution is 0.102. The average Bonchev–Trinajstić information content (AvgIpc) is 2.95. The number of anilines is 1. The highest BCUT2D eigenvalue weighted by Crippen LogP contribution is 2.26. The molecule has 2 aromatic heterocycles. The molecule has 0 radical (unpaired) electrons. The van der Waals surface area contributed by atoms with Gasteiger partial charge in [-0.1, -0.05) is 39.0 Å². The van der Waals surface area contributed by atoms with Crippen LogP contribution in [0.25, 0.3) is 11.0 Å². The number of carbonyl (C=O) groups is 1. The van der Waals surface area contributed by atoms with Crippen LogP contribution in [0.5, 0.6) is 0 Å². The molecule has 0 unspecified atom stereocenters. The van der Waals surface area contributed by atoms with Crippen molar-refractivity contribution in [2.75, 3.05) is 5.32 Å². The van der Waals surface area contributed by atoms with E-state index < -0.39 is 11.5 Å². The fraction of sp³-hybridized carbons (Fsp3) is 0.235. The van der Waals surface area contributed by atoms with E-state index in [-0.39, 0.29) is 11.0 Å². The quantitative estimate of drug-likeness (QED) is 0.726. The fourth-order valence-corrected chi connectivity index (χ4v) is 2.99. The Balaban J connectivity index is 1.90. The summed E-state index contributed by atoms with van der Waals surface area (Å²) in [5.74, 6) is -0.515.